The van der Waals surface area contributed by atoms with Gasteiger partial charge in [-0.15, -0.1) is 13.2 Å². The van der Waals surface area contributed by atoms with Crippen molar-refractivity contribution in [2.24, 2.45) is 22.6 Å². The van der Waals surface area contributed by atoms with Crippen LogP contribution in [0.15, 0.2) is 48.8 Å². The summed E-state index contributed by atoms with van der Waals surface area (Å²) in [5, 5.41) is 5.64. The fourth-order valence-corrected chi connectivity index (χ4v) is 3.57. The SMILES string of the molecule is C=CC1OC(C=C)C2C(=O)N(CCNC(=S)/N=C(\N)Nc3ncccn3)C(=O)C12. The Morgan fingerprint density at radius 2 is 1.83 bits per heavy atom. The number of aromatic nitrogens is 2. The minimum Gasteiger partial charge on any atom is -0.369 e. The van der Waals surface area contributed by atoms with Crippen molar-refractivity contribution in [1.82, 2.24) is 20.2 Å². The van der Waals surface area contributed by atoms with Gasteiger partial charge in [-0.25, -0.2) is 9.97 Å². The molecule has 11 heteroatoms. The molecule has 4 atom stereocenters. The fraction of sp³-hybridized carbons (Fsp3) is 0.333. The number of carbonyl (C=O) groups excluding carboxylic acids is 2. The van der Waals surface area contributed by atoms with E-state index in [1.54, 1.807) is 30.6 Å². The largest absolute Gasteiger partial charge is 0.369 e. The molecule has 1 aromatic heterocycles. The Morgan fingerprint density at radius 1 is 1.24 bits per heavy atom. The van der Waals surface area contributed by atoms with Crippen molar-refractivity contribution < 1.29 is 14.3 Å². The highest BCUT2D eigenvalue weighted by atomic mass is 32.1. The lowest BCUT2D eigenvalue weighted by molar-refractivity contribution is -0.142. The number of amides is 2. The predicted octanol–water partition coefficient (Wildman–Crippen LogP) is -0.182. The number of likely N-dealkylation sites (tertiary alicyclic amines) is 1. The van der Waals surface area contributed by atoms with Crippen LogP contribution in [0, 0.1) is 11.8 Å². The number of nitrogens with one attached hydrogen (secondary N) is 2. The fourth-order valence-electron chi connectivity index (χ4n) is 3.37. The number of hydrogen-bond acceptors (Lipinski definition) is 6. The lowest BCUT2D eigenvalue weighted by atomic mass is 9.89. The summed E-state index contributed by atoms with van der Waals surface area (Å²) >= 11 is 5.11. The molecule has 2 saturated heterocycles. The van der Waals surface area contributed by atoms with Crippen LogP contribution in [0.3, 0.4) is 0 Å². The van der Waals surface area contributed by atoms with Crippen LogP contribution >= 0.6 is 12.2 Å². The number of nitrogens with two attached hydrogens (primary N) is 1. The van der Waals surface area contributed by atoms with E-state index in [4.69, 9.17) is 22.7 Å². The van der Waals surface area contributed by atoms with Gasteiger partial charge < -0.3 is 15.8 Å². The Bertz CT molecular complexity index is 828. The van der Waals surface area contributed by atoms with E-state index >= 15 is 0 Å². The first-order chi connectivity index (χ1) is 14.0. The number of imide groups is 1. The number of fused-ring (bicyclic) bond motifs is 1. The van der Waals surface area contributed by atoms with Gasteiger partial charge in [-0.2, -0.15) is 4.99 Å². The molecule has 2 aliphatic heterocycles. The summed E-state index contributed by atoms with van der Waals surface area (Å²) in [6, 6.07) is 1.67. The summed E-state index contributed by atoms with van der Waals surface area (Å²) in [6.07, 6.45) is 5.19. The molecule has 0 saturated carbocycles. The van der Waals surface area contributed by atoms with Gasteiger partial charge in [0.1, 0.15) is 0 Å². The molecule has 3 rings (SSSR count). The normalized spacial score (nSPS) is 26.2. The van der Waals surface area contributed by atoms with Crippen LogP contribution in [0.4, 0.5) is 5.95 Å². The molecule has 2 amide bonds. The second-order valence-electron chi connectivity index (χ2n) is 6.34. The summed E-state index contributed by atoms with van der Waals surface area (Å²) in [4.78, 5) is 38.5. The number of guanidine groups is 1. The van der Waals surface area contributed by atoms with E-state index in [1.165, 1.54) is 4.90 Å². The lowest BCUT2D eigenvalue weighted by Gasteiger charge is -2.19. The topological polar surface area (TPSA) is 135 Å². The lowest BCUT2D eigenvalue weighted by Crippen LogP contribution is -2.40. The van der Waals surface area contributed by atoms with E-state index in [0.717, 1.165) is 0 Å². The first-order valence-electron chi connectivity index (χ1n) is 8.88. The van der Waals surface area contributed by atoms with Crippen LogP contribution < -0.4 is 16.4 Å². The average molecular weight is 415 g/mol. The van der Waals surface area contributed by atoms with Gasteiger partial charge in [0.05, 0.1) is 24.0 Å². The Balaban J connectivity index is 1.54. The highest BCUT2D eigenvalue weighted by Gasteiger charge is 2.58. The number of hydrogen-bond donors (Lipinski definition) is 3. The molecule has 2 fully saturated rings. The Kier molecular flexibility index (Phi) is 6.29. The van der Waals surface area contributed by atoms with Gasteiger partial charge in [-0.05, 0) is 18.3 Å². The molecule has 152 valence electrons. The number of anilines is 1. The maximum Gasteiger partial charge on any atom is 0.236 e. The molecular weight excluding hydrogens is 394 g/mol. The number of ether oxygens (including phenoxy) is 1. The first kappa shape index (κ1) is 20.6. The third-order valence-corrected chi connectivity index (χ3v) is 4.85. The van der Waals surface area contributed by atoms with Crippen LogP contribution in [0.1, 0.15) is 0 Å². The van der Waals surface area contributed by atoms with E-state index in [2.05, 4.69) is 38.8 Å². The molecule has 10 nitrogen and oxygen atoms in total. The zero-order valence-electron chi connectivity index (χ0n) is 15.5. The third-order valence-electron chi connectivity index (χ3n) is 4.62. The van der Waals surface area contributed by atoms with Gasteiger partial charge in [0.25, 0.3) is 0 Å². The smallest absolute Gasteiger partial charge is 0.236 e. The molecule has 4 unspecified atom stereocenters. The van der Waals surface area contributed by atoms with Gasteiger partial charge in [0, 0.05) is 25.5 Å². The van der Waals surface area contributed by atoms with Crippen LogP contribution in [0.2, 0.25) is 0 Å². The summed E-state index contributed by atoms with van der Waals surface area (Å²) < 4.78 is 5.66. The van der Waals surface area contributed by atoms with Crippen molar-refractivity contribution in [3.8, 4) is 0 Å². The molecule has 0 bridgehead atoms. The minimum atomic E-state index is -0.571. The molecule has 3 heterocycles. The number of aliphatic imine (C=N–C) groups is 1. The van der Waals surface area contributed by atoms with Crippen molar-refractivity contribution >= 4 is 41.1 Å². The molecule has 29 heavy (non-hydrogen) atoms. The molecule has 0 radical (unpaired) electrons. The van der Waals surface area contributed by atoms with Crippen LogP contribution in [-0.4, -0.2) is 63.1 Å². The zero-order valence-corrected chi connectivity index (χ0v) is 16.3. The van der Waals surface area contributed by atoms with E-state index < -0.39 is 24.0 Å². The van der Waals surface area contributed by atoms with E-state index in [9.17, 15) is 9.59 Å². The van der Waals surface area contributed by atoms with Crippen LogP contribution in [0.25, 0.3) is 0 Å². The van der Waals surface area contributed by atoms with Crippen molar-refractivity contribution in [3.05, 3.63) is 43.8 Å². The van der Waals surface area contributed by atoms with Gasteiger partial charge in [0.2, 0.25) is 23.7 Å². The van der Waals surface area contributed by atoms with Gasteiger partial charge in [0.15, 0.2) is 5.11 Å². The molecule has 0 aromatic carbocycles. The minimum absolute atomic E-state index is 0.0105. The first-order valence-corrected chi connectivity index (χ1v) is 9.29. The monoisotopic (exact) mass is 415 g/mol. The van der Waals surface area contributed by atoms with Gasteiger partial charge in [-0.3, -0.25) is 19.8 Å². The Hall–Kier alpha value is -3.18. The highest BCUT2D eigenvalue weighted by Crippen LogP contribution is 2.41. The predicted molar refractivity (Wildman–Crippen MR) is 111 cm³/mol. The maximum absolute atomic E-state index is 12.7. The quantitative estimate of drug-likeness (QED) is 0.190. The van der Waals surface area contributed by atoms with E-state index in [1.807, 2.05) is 0 Å². The van der Waals surface area contributed by atoms with E-state index in [-0.39, 0.29) is 41.9 Å². The second-order valence-corrected chi connectivity index (χ2v) is 6.73. The summed E-state index contributed by atoms with van der Waals surface area (Å²) in [5.74, 6) is -1.42. The van der Waals surface area contributed by atoms with Gasteiger partial charge in [-0.1, -0.05) is 12.2 Å². The van der Waals surface area contributed by atoms with Crippen molar-refractivity contribution in [2.75, 3.05) is 18.4 Å². The van der Waals surface area contributed by atoms with E-state index in [0.29, 0.717) is 0 Å². The number of carbonyl (C=O) groups is 2. The maximum atomic E-state index is 12.7. The van der Waals surface area contributed by atoms with Crippen molar-refractivity contribution in [3.63, 3.8) is 0 Å². The average Bonchev–Trinajstić information content (AvgIpc) is 3.20. The molecular formula is C18H21N7O3S. The number of nitrogens with zero attached hydrogens (tertiary/aromatic N) is 4. The standard InChI is InChI=1S/C18H21N7O3S/c1-3-10-12-13(11(4-2)28-10)15(27)25(14(12)26)9-8-22-18(29)24-16(19)23-17-20-6-5-7-21-17/h3-7,10-13H,1-2,8-9H2,(H4,19,20,21,22,23,24,29). The number of thiocarbonyl (C=S) groups is 1. The molecule has 0 aliphatic carbocycles. The zero-order chi connectivity index (χ0) is 21.0. The Morgan fingerprint density at radius 3 is 2.38 bits per heavy atom. The second kappa shape index (κ2) is 8.88. The van der Waals surface area contributed by atoms with Crippen molar-refractivity contribution in [2.45, 2.75) is 12.2 Å². The molecule has 2 aliphatic rings. The molecule has 4 N–H and O–H groups in total. The summed E-state index contributed by atoms with van der Waals surface area (Å²) in [5.41, 5.74) is 5.75. The summed E-state index contributed by atoms with van der Waals surface area (Å²) in [7, 11) is 0. The highest BCUT2D eigenvalue weighted by molar-refractivity contribution is 7.80. The van der Waals surface area contributed by atoms with Crippen LogP contribution in [0.5, 0.6) is 0 Å². The van der Waals surface area contributed by atoms with Gasteiger partial charge >= 0.3 is 0 Å². The third kappa shape index (κ3) is 4.30. The molecule has 0 spiro atoms. The van der Waals surface area contributed by atoms with Crippen LogP contribution in [-0.2, 0) is 14.3 Å². The van der Waals surface area contributed by atoms with Crippen molar-refractivity contribution in [1.29, 1.82) is 0 Å². The summed E-state index contributed by atoms with van der Waals surface area (Å²) in [6.45, 7) is 7.75. The Labute approximate surface area is 172 Å². The molecule has 1 aromatic rings. The number of rotatable bonds is 6.